The second-order valence-electron chi connectivity index (χ2n) is 4.61. The second-order valence-corrected chi connectivity index (χ2v) is 5.05. The molecule has 8 heteroatoms. The third-order valence-electron chi connectivity index (χ3n) is 3.02. The van der Waals surface area contributed by atoms with Gasteiger partial charge in [0, 0.05) is 18.7 Å². The molecule has 4 nitrogen and oxygen atoms in total. The quantitative estimate of drug-likeness (QED) is 0.546. The zero-order valence-electron chi connectivity index (χ0n) is 11.7. The Kier molecular flexibility index (Phi) is 5.86. The average molecular weight is 327 g/mol. The minimum absolute atomic E-state index is 0.150. The van der Waals surface area contributed by atoms with Crippen molar-refractivity contribution in [1.29, 1.82) is 0 Å². The van der Waals surface area contributed by atoms with Crippen molar-refractivity contribution in [1.82, 2.24) is 5.06 Å². The molecule has 0 aromatic carbocycles. The van der Waals surface area contributed by atoms with E-state index in [1.165, 1.54) is 0 Å². The van der Waals surface area contributed by atoms with Crippen LogP contribution in [0.3, 0.4) is 0 Å². The highest BCUT2D eigenvalue weighted by molar-refractivity contribution is 6.31. The Balaban J connectivity index is 2.78. The van der Waals surface area contributed by atoms with Gasteiger partial charge in [0.2, 0.25) is 5.79 Å². The lowest BCUT2D eigenvalue weighted by atomic mass is 10.0. The molecule has 0 radical (unpaired) electrons. The summed E-state index contributed by atoms with van der Waals surface area (Å²) in [5, 5.41) is 12.8. The van der Waals surface area contributed by atoms with Crippen LogP contribution in [0.2, 0.25) is 0 Å². The molecule has 0 spiro atoms. The molecule has 0 aromatic heterocycles. The molecule has 0 fully saturated rings. The van der Waals surface area contributed by atoms with E-state index in [4.69, 9.17) is 11.6 Å². The third-order valence-corrected chi connectivity index (χ3v) is 3.28. The smallest absolute Gasteiger partial charge is 0.525 e. The molecular formula is C13H16ClF3NO3-. The molecule has 1 aliphatic rings. The van der Waals surface area contributed by atoms with E-state index in [9.17, 15) is 18.4 Å². The summed E-state index contributed by atoms with van der Waals surface area (Å²) < 4.78 is 45.6. The van der Waals surface area contributed by atoms with E-state index < -0.39 is 17.8 Å². The van der Waals surface area contributed by atoms with Crippen LogP contribution in [0.15, 0.2) is 35.0 Å². The fourth-order valence-electron chi connectivity index (χ4n) is 1.79. The van der Waals surface area contributed by atoms with Gasteiger partial charge in [-0.15, -0.1) is 13.2 Å². The lowest BCUT2D eigenvalue weighted by molar-refractivity contribution is -0.401. The average Bonchev–Trinajstić information content (AvgIpc) is 2.35. The molecule has 120 valence electrons. The first kappa shape index (κ1) is 18.0. The van der Waals surface area contributed by atoms with Crippen molar-refractivity contribution in [2.75, 3.05) is 13.7 Å². The van der Waals surface area contributed by atoms with E-state index in [1.807, 2.05) is 0 Å². The number of hydrogen-bond donors (Lipinski definition) is 0. The van der Waals surface area contributed by atoms with Crippen LogP contribution in [0.5, 0.6) is 0 Å². The molecule has 0 aliphatic heterocycles. The number of hydrogen-bond acceptors (Lipinski definition) is 4. The molecule has 0 heterocycles. The molecule has 1 unspecified atom stereocenters. The van der Waals surface area contributed by atoms with Gasteiger partial charge < -0.3 is 15.0 Å². The summed E-state index contributed by atoms with van der Waals surface area (Å²) in [6.45, 7) is 4.19. The fraction of sp³-hybridized carbons (Fsp3) is 0.538. The van der Waals surface area contributed by atoms with Crippen LogP contribution in [0, 0.1) is 5.21 Å². The number of hydroxylamine groups is 2. The van der Waals surface area contributed by atoms with Crippen molar-refractivity contribution in [3.63, 3.8) is 0 Å². The summed E-state index contributed by atoms with van der Waals surface area (Å²) in [6.07, 6.45) is -0.276. The van der Waals surface area contributed by atoms with Crippen molar-refractivity contribution in [3.05, 3.63) is 40.2 Å². The summed E-state index contributed by atoms with van der Waals surface area (Å²) in [5.74, 6) is -2.28. The molecule has 0 aromatic rings. The standard InChI is InChI=1S/C13H16ClF3NO3/c1-9(12(2,20-3)21-13(15,16)17)18(19)8-10-5-4-6-11(14)7-10/h6-7H,1,4-5,8H2,2-3H3/q-1. The van der Waals surface area contributed by atoms with Gasteiger partial charge in [0.1, 0.15) is 0 Å². The Labute approximate surface area is 126 Å². The molecule has 0 saturated heterocycles. The highest BCUT2D eigenvalue weighted by atomic mass is 35.5. The summed E-state index contributed by atoms with van der Waals surface area (Å²) in [7, 11) is 1.00. The molecule has 1 rings (SSSR count). The van der Waals surface area contributed by atoms with Crippen LogP contribution in [-0.2, 0) is 9.47 Å². The molecule has 21 heavy (non-hydrogen) atoms. The van der Waals surface area contributed by atoms with Gasteiger partial charge in [-0.25, -0.2) is 0 Å². The van der Waals surface area contributed by atoms with Crippen LogP contribution in [-0.4, -0.2) is 30.9 Å². The van der Waals surface area contributed by atoms with E-state index in [-0.39, 0.29) is 6.54 Å². The van der Waals surface area contributed by atoms with Crippen LogP contribution in [0.4, 0.5) is 13.2 Å². The first-order chi connectivity index (χ1) is 9.57. The second kappa shape index (κ2) is 6.83. The predicted molar refractivity (Wildman–Crippen MR) is 73.0 cm³/mol. The molecule has 0 N–H and O–H groups in total. The molecule has 1 aliphatic carbocycles. The largest absolute Gasteiger partial charge is 0.758 e. The summed E-state index contributed by atoms with van der Waals surface area (Å²) in [6, 6.07) is 0. The molecule has 0 amide bonds. The topological polar surface area (TPSA) is 44.8 Å². The van der Waals surface area contributed by atoms with Crippen LogP contribution >= 0.6 is 11.6 Å². The number of alkyl halides is 3. The van der Waals surface area contributed by atoms with Crippen molar-refractivity contribution in [2.24, 2.45) is 0 Å². The fourth-order valence-corrected chi connectivity index (χ4v) is 2.06. The zero-order chi connectivity index (χ0) is 16.3. The molecular weight excluding hydrogens is 311 g/mol. The number of methoxy groups -OCH3 is 1. The number of rotatable bonds is 6. The Morgan fingerprint density at radius 3 is 2.62 bits per heavy atom. The summed E-state index contributed by atoms with van der Waals surface area (Å²) in [4.78, 5) is 0. The molecule has 0 bridgehead atoms. The van der Waals surface area contributed by atoms with Gasteiger partial charge in [0.25, 0.3) is 0 Å². The van der Waals surface area contributed by atoms with Gasteiger partial charge in [-0.05, 0) is 25.8 Å². The van der Waals surface area contributed by atoms with Crippen LogP contribution in [0.25, 0.3) is 0 Å². The number of ether oxygens (including phenoxy) is 2. The van der Waals surface area contributed by atoms with Gasteiger partial charge in [0.15, 0.2) is 0 Å². The molecule has 1 atom stereocenters. The Bertz CT molecular complexity index is 462. The lowest BCUT2D eigenvalue weighted by Crippen LogP contribution is -2.43. The first-order valence-electron chi connectivity index (χ1n) is 6.08. The highest BCUT2D eigenvalue weighted by Crippen LogP contribution is 2.32. The van der Waals surface area contributed by atoms with Crippen LogP contribution in [0.1, 0.15) is 19.8 Å². The maximum atomic E-state index is 12.4. The first-order valence-corrected chi connectivity index (χ1v) is 6.46. The Hall–Kier alpha value is -1.02. The van der Waals surface area contributed by atoms with E-state index in [2.05, 4.69) is 16.1 Å². The minimum Gasteiger partial charge on any atom is -0.758 e. The van der Waals surface area contributed by atoms with E-state index in [0.29, 0.717) is 28.5 Å². The van der Waals surface area contributed by atoms with Crippen molar-refractivity contribution >= 4 is 11.6 Å². The maximum absolute atomic E-state index is 12.4. The van der Waals surface area contributed by atoms with E-state index in [1.54, 1.807) is 12.2 Å². The van der Waals surface area contributed by atoms with Gasteiger partial charge in [0.05, 0.1) is 5.70 Å². The van der Waals surface area contributed by atoms with Gasteiger partial charge in [-0.1, -0.05) is 29.8 Å². The number of halogens is 4. The lowest BCUT2D eigenvalue weighted by Gasteiger charge is -2.42. The Morgan fingerprint density at radius 1 is 1.52 bits per heavy atom. The zero-order valence-corrected chi connectivity index (χ0v) is 12.4. The highest BCUT2D eigenvalue weighted by Gasteiger charge is 2.43. The predicted octanol–water partition coefficient (Wildman–Crippen LogP) is 4.04. The van der Waals surface area contributed by atoms with E-state index >= 15 is 0 Å². The number of nitrogens with zero attached hydrogens (tertiary/aromatic N) is 1. The summed E-state index contributed by atoms with van der Waals surface area (Å²) in [5.41, 5.74) is 0.220. The van der Waals surface area contributed by atoms with Gasteiger partial charge >= 0.3 is 6.36 Å². The SMILES string of the molecule is C=C(N([O-])CC1=CC(Cl)=CCC1)C(C)(OC)OC(F)(F)F. The molecule has 0 saturated carbocycles. The van der Waals surface area contributed by atoms with Crippen molar-refractivity contribution < 1.29 is 22.6 Å². The maximum Gasteiger partial charge on any atom is 0.525 e. The van der Waals surface area contributed by atoms with Crippen molar-refractivity contribution in [3.8, 4) is 0 Å². The van der Waals surface area contributed by atoms with Crippen LogP contribution < -0.4 is 0 Å². The number of allylic oxidation sites excluding steroid dienone is 3. The summed E-state index contributed by atoms with van der Waals surface area (Å²) >= 11 is 5.82. The normalized spacial score (nSPS) is 18.6. The van der Waals surface area contributed by atoms with E-state index in [0.717, 1.165) is 14.0 Å². The third kappa shape index (κ3) is 5.35. The van der Waals surface area contributed by atoms with Gasteiger partial charge in [-0.2, -0.15) is 0 Å². The minimum atomic E-state index is -4.95. The monoisotopic (exact) mass is 326 g/mol. The van der Waals surface area contributed by atoms with Gasteiger partial charge in [-0.3, -0.25) is 4.74 Å². The Morgan fingerprint density at radius 2 is 2.14 bits per heavy atom. The van der Waals surface area contributed by atoms with Crippen molar-refractivity contribution in [2.45, 2.75) is 31.9 Å².